The highest BCUT2D eigenvalue weighted by atomic mass is 16.4. The molecular formula is C14H23N3O4. The highest BCUT2D eigenvalue weighted by Gasteiger charge is 2.27. The van der Waals surface area contributed by atoms with Gasteiger partial charge in [-0.25, -0.2) is 5.01 Å². The Balaban J connectivity index is 2.74. The standard InChI is InChI=1S/C14H23N3O4/c1-14(2,3)8-9(7-12(19)20)15-13(21)10-5-6-11(18)17(4)16-10/h9H,5-8H2,1-4H3,(H,15,21)(H,19,20). The Kier molecular flexibility index (Phi) is 5.46. The fourth-order valence-electron chi connectivity index (χ4n) is 2.23. The van der Waals surface area contributed by atoms with Crippen LogP contribution in [0.15, 0.2) is 5.10 Å². The fourth-order valence-corrected chi connectivity index (χ4v) is 2.23. The Labute approximate surface area is 124 Å². The molecule has 0 aliphatic carbocycles. The summed E-state index contributed by atoms with van der Waals surface area (Å²) >= 11 is 0. The van der Waals surface area contributed by atoms with Gasteiger partial charge in [-0.05, 0) is 11.8 Å². The minimum atomic E-state index is -0.956. The summed E-state index contributed by atoms with van der Waals surface area (Å²) in [5.41, 5.74) is 0.163. The fraction of sp³-hybridized carbons (Fsp3) is 0.714. The SMILES string of the molecule is CN1N=C(C(=O)NC(CC(=O)O)CC(C)(C)C)CCC1=O. The molecule has 1 atom stereocenters. The second kappa shape index (κ2) is 6.69. The first-order valence-corrected chi connectivity index (χ1v) is 6.95. The monoisotopic (exact) mass is 297 g/mol. The Morgan fingerprint density at radius 3 is 2.48 bits per heavy atom. The normalized spacial score (nSPS) is 17.2. The largest absolute Gasteiger partial charge is 0.481 e. The number of carboxylic acid groups (broad SMARTS) is 1. The number of hydrogen-bond donors (Lipinski definition) is 2. The van der Waals surface area contributed by atoms with E-state index in [2.05, 4.69) is 10.4 Å². The molecule has 1 heterocycles. The first kappa shape index (κ1) is 17.1. The number of hydrazone groups is 1. The van der Waals surface area contributed by atoms with Gasteiger partial charge in [-0.1, -0.05) is 20.8 Å². The summed E-state index contributed by atoms with van der Waals surface area (Å²) in [7, 11) is 1.50. The second-order valence-electron chi connectivity index (χ2n) is 6.50. The second-order valence-corrected chi connectivity index (χ2v) is 6.50. The highest BCUT2D eigenvalue weighted by Crippen LogP contribution is 2.22. The first-order chi connectivity index (χ1) is 9.58. The van der Waals surface area contributed by atoms with Crippen molar-refractivity contribution in [3.05, 3.63) is 0 Å². The molecule has 0 bridgehead atoms. The van der Waals surface area contributed by atoms with Crippen LogP contribution in [0, 0.1) is 5.41 Å². The van der Waals surface area contributed by atoms with Crippen molar-refractivity contribution in [1.29, 1.82) is 0 Å². The van der Waals surface area contributed by atoms with Crippen LogP contribution in [-0.4, -0.2) is 46.7 Å². The van der Waals surface area contributed by atoms with Crippen molar-refractivity contribution in [2.75, 3.05) is 7.05 Å². The van der Waals surface area contributed by atoms with E-state index < -0.39 is 17.9 Å². The van der Waals surface area contributed by atoms with Crippen LogP contribution in [0.25, 0.3) is 0 Å². The van der Waals surface area contributed by atoms with E-state index in [1.807, 2.05) is 20.8 Å². The Hall–Kier alpha value is -1.92. The quantitative estimate of drug-likeness (QED) is 0.790. The van der Waals surface area contributed by atoms with Gasteiger partial charge >= 0.3 is 5.97 Å². The van der Waals surface area contributed by atoms with E-state index in [0.29, 0.717) is 6.42 Å². The predicted molar refractivity (Wildman–Crippen MR) is 77.7 cm³/mol. The summed E-state index contributed by atoms with van der Waals surface area (Å²) in [6.45, 7) is 5.95. The summed E-state index contributed by atoms with van der Waals surface area (Å²) in [5.74, 6) is -1.49. The molecule has 118 valence electrons. The summed E-state index contributed by atoms with van der Waals surface area (Å²) in [6, 6.07) is -0.458. The van der Waals surface area contributed by atoms with Gasteiger partial charge in [-0.2, -0.15) is 5.10 Å². The van der Waals surface area contributed by atoms with Gasteiger partial charge in [0.25, 0.3) is 5.91 Å². The smallest absolute Gasteiger partial charge is 0.305 e. The average Bonchev–Trinajstić information content (AvgIpc) is 2.29. The van der Waals surface area contributed by atoms with Gasteiger partial charge in [0.2, 0.25) is 5.91 Å². The van der Waals surface area contributed by atoms with Crippen LogP contribution in [0.3, 0.4) is 0 Å². The molecule has 0 aromatic carbocycles. The molecule has 2 amide bonds. The topological polar surface area (TPSA) is 99.1 Å². The zero-order valence-corrected chi connectivity index (χ0v) is 13.0. The number of nitrogens with zero attached hydrogens (tertiary/aromatic N) is 2. The van der Waals surface area contributed by atoms with Crippen LogP contribution in [0.5, 0.6) is 0 Å². The minimum absolute atomic E-state index is 0.103. The number of rotatable bonds is 5. The van der Waals surface area contributed by atoms with Crippen LogP contribution in [-0.2, 0) is 14.4 Å². The van der Waals surface area contributed by atoms with Gasteiger partial charge in [-0.15, -0.1) is 0 Å². The molecule has 7 heteroatoms. The summed E-state index contributed by atoms with van der Waals surface area (Å²) < 4.78 is 0. The van der Waals surface area contributed by atoms with Crippen LogP contribution in [0.1, 0.15) is 46.5 Å². The molecule has 2 N–H and O–H groups in total. The molecule has 0 aromatic heterocycles. The number of aliphatic carboxylic acids is 1. The highest BCUT2D eigenvalue weighted by molar-refractivity contribution is 6.39. The summed E-state index contributed by atoms with van der Waals surface area (Å²) in [6.07, 6.45) is 0.939. The lowest BCUT2D eigenvalue weighted by molar-refractivity contribution is -0.137. The third kappa shape index (κ3) is 5.93. The molecule has 7 nitrogen and oxygen atoms in total. The van der Waals surface area contributed by atoms with Gasteiger partial charge < -0.3 is 10.4 Å². The maximum Gasteiger partial charge on any atom is 0.305 e. The average molecular weight is 297 g/mol. The van der Waals surface area contributed by atoms with Crippen molar-refractivity contribution in [3.8, 4) is 0 Å². The molecule has 0 fully saturated rings. The van der Waals surface area contributed by atoms with Crippen LogP contribution in [0.2, 0.25) is 0 Å². The molecule has 0 radical (unpaired) electrons. The lowest BCUT2D eigenvalue weighted by Gasteiger charge is -2.26. The molecule has 1 rings (SSSR count). The van der Waals surface area contributed by atoms with Gasteiger partial charge in [0, 0.05) is 25.9 Å². The van der Waals surface area contributed by atoms with Gasteiger partial charge in [0.1, 0.15) is 5.71 Å². The third-order valence-corrected chi connectivity index (χ3v) is 3.08. The Bertz CT molecular complexity index is 465. The molecule has 21 heavy (non-hydrogen) atoms. The van der Waals surface area contributed by atoms with Crippen molar-refractivity contribution >= 4 is 23.5 Å². The van der Waals surface area contributed by atoms with E-state index in [4.69, 9.17) is 5.11 Å². The lowest BCUT2D eigenvalue weighted by Crippen LogP contribution is -2.44. The maximum atomic E-state index is 12.2. The Morgan fingerprint density at radius 1 is 1.38 bits per heavy atom. The third-order valence-electron chi connectivity index (χ3n) is 3.08. The number of nitrogens with one attached hydrogen (secondary N) is 1. The van der Waals surface area contributed by atoms with Crippen LogP contribution < -0.4 is 5.32 Å². The van der Waals surface area contributed by atoms with E-state index in [1.165, 1.54) is 7.05 Å². The summed E-state index contributed by atoms with van der Waals surface area (Å²) in [4.78, 5) is 34.4. The van der Waals surface area contributed by atoms with Gasteiger partial charge in [-0.3, -0.25) is 14.4 Å². The predicted octanol–water partition coefficient (Wildman–Crippen LogP) is 0.990. The molecule has 0 saturated carbocycles. The van der Waals surface area contributed by atoms with E-state index >= 15 is 0 Å². The minimum Gasteiger partial charge on any atom is -0.481 e. The molecular weight excluding hydrogens is 274 g/mol. The van der Waals surface area contributed by atoms with Crippen molar-refractivity contribution in [3.63, 3.8) is 0 Å². The lowest BCUT2D eigenvalue weighted by atomic mass is 9.87. The molecule has 1 aliphatic rings. The van der Waals surface area contributed by atoms with Crippen molar-refractivity contribution in [2.24, 2.45) is 10.5 Å². The molecule has 0 saturated heterocycles. The zero-order chi connectivity index (χ0) is 16.2. The van der Waals surface area contributed by atoms with Crippen LogP contribution in [0.4, 0.5) is 0 Å². The molecule has 1 unspecified atom stereocenters. The molecule has 0 spiro atoms. The number of carbonyl (C=O) groups is 3. The number of carboxylic acids is 1. The Morgan fingerprint density at radius 2 is 2.00 bits per heavy atom. The number of hydrogen-bond acceptors (Lipinski definition) is 4. The van der Waals surface area contributed by atoms with E-state index in [1.54, 1.807) is 0 Å². The molecule has 0 aromatic rings. The number of carbonyl (C=O) groups excluding carboxylic acids is 2. The van der Waals surface area contributed by atoms with Crippen molar-refractivity contribution in [2.45, 2.75) is 52.5 Å². The van der Waals surface area contributed by atoms with Crippen LogP contribution >= 0.6 is 0 Å². The zero-order valence-electron chi connectivity index (χ0n) is 13.0. The van der Waals surface area contributed by atoms with E-state index in [0.717, 1.165) is 5.01 Å². The maximum absolute atomic E-state index is 12.2. The van der Waals surface area contributed by atoms with Gasteiger partial charge in [0.15, 0.2) is 0 Å². The number of amides is 2. The van der Waals surface area contributed by atoms with Crippen molar-refractivity contribution < 1.29 is 19.5 Å². The first-order valence-electron chi connectivity index (χ1n) is 6.95. The van der Waals surface area contributed by atoms with Gasteiger partial charge in [0.05, 0.1) is 6.42 Å². The van der Waals surface area contributed by atoms with Crippen molar-refractivity contribution in [1.82, 2.24) is 10.3 Å². The summed E-state index contributed by atoms with van der Waals surface area (Å²) in [5, 5.41) is 16.7. The van der Waals surface area contributed by atoms with E-state index in [-0.39, 0.29) is 36.3 Å². The van der Waals surface area contributed by atoms with E-state index in [9.17, 15) is 14.4 Å². The molecule has 1 aliphatic heterocycles.